The summed E-state index contributed by atoms with van der Waals surface area (Å²) in [5.74, 6) is 0. The molecule has 0 fully saturated rings. The third-order valence-corrected chi connectivity index (χ3v) is 1.86. The molecule has 0 aromatic heterocycles. The van der Waals surface area contributed by atoms with E-state index >= 15 is 0 Å². The zero-order chi connectivity index (χ0) is 11.3. The van der Waals surface area contributed by atoms with Crippen molar-refractivity contribution < 1.29 is 35.7 Å². The standard InChI is InChI=1S/C7H16O7/c8-1-3(10)5(12)7(14)6(13)4(11)2-9/h3-14H,1-2H2/t3-,4?,5+,6+,7-/m0/s1. The van der Waals surface area contributed by atoms with Crippen LogP contribution in [0.5, 0.6) is 0 Å². The molecule has 0 bridgehead atoms. The molecule has 0 saturated carbocycles. The molecule has 14 heavy (non-hydrogen) atoms. The summed E-state index contributed by atoms with van der Waals surface area (Å²) in [4.78, 5) is 0. The molecular weight excluding hydrogens is 196 g/mol. The molecule has 7 N–H and O–H groups in total. The topological polar surface area (TPSA) is 142 Å². The number of hydrogen-bond acceptors (Lipinski definition) is 7. The van der Waals surface area contributed by atoms with E-state index in [2.05, 4.69) is 0 Å². The molecule has 0 rings (SSSR count). The zero-order valence-electron chi connectivity index (χ0n) is 7.43. The highest BCUT2D eigenvalue weighted by molar-refractivity contribution is 4.84. The molecule has 0 spiro atoms. The largest absolute Gasteiger partial charge is 0.394 e. The van der Waals surface area contributed by atoms with Gasteiger partial charge in [-0.05, 0) is 0 Å². The van der Waals surface area contributed by atoms with Crippen molar-refractivity contribution in [3.05, 3.63) is 0 Å². The van der Waals surface area contributed by atoms with Crippen molar-refractivity contribution >= 4 is 0 Å². The summed E-state index contributed by atoms with van der Waals surface area (Å²) in [5, 5.41) is 61.9. The SMILES string of the molecule is OCC(O)[C@@H](O)[C@@H](O)[C@H](O)[C@@H](O)CO. The lowest BCUT2D eigenvalue weighted by molar-refractivity contribution is -0.145. The Bertz CT molecular complexity index is 137. The highest BCUT2D eigenvalue weighted by Crippen LogP contribution is 2.07. The van der Waals surface area contributed by atoms with Crippen LogP contribution in [0.15, 0.2) is 0 Å². The van der Waals surface area contributed by atoms with E-state index in [1.165, 1.54) is 0 Å². The summed E-state index contributed by atoms with van der Waals surface area (Å²) in [6.45, 7) is -1.58. The Morgan fingerprint density at radius 1 is 0.571 bits per heavy atom. The van der Waals surface area contributed by atoms with E-state index in [4.69, 9.17) is 35.7 Å². The predicted molar refractivity (Wildman–Crippen MR) is 44.2 cm³/mol. The van der Waals surface area contributed by atoms with Gasteiger partial charge in [0.1, 0.15) is 30.5 Å². The molecule has 7 nitrogen and oxygen atoms in total. The first-order valence-corrected chi connectivity index (χ1v) is 4.07. The van der Waals surface area contributed by atoms with Gasteiger partial charge in [0.2, 0.25) is 0 Å². The monoisotopic (exact) mass is 212 g/mol. The minimum atomic E-state index is -1.85. The first-order valence-electron chi connectivity index (χ1n) is 4.07. The van der Waals surface area contributed by atoms with Gasteiger partial charge in [0.15, 0.2) is 0 Å². The maximum Gasteiger partial charge on any atom is 0.111 e. The number of aliphatic hydroxyl groups excluding tert-OH is 7. The average molecular weight is 212 g/mol. The van der Waals surface area contributed by atoms with E-state index in [0.29, 0.717) is 0 Å². The van der Waals surface area contributed by atoms with Crippen LogP contribution in [0.1, 0.15) is 0 Å². The van der Waals surface area contributed by atoms with E-state index in [0.717, 1.165) is 0 Å². The van der Waals surface area contributed by atoms with Crippen molar-refractivity contribution in [2.45, 2.75) is 30.5 Å². The molecule has 0 aliphatic carbocycles. The molecule has 86 valence electrons. The molecule has 0 heterocycles. The molecule has 0 radical (unpaired) electrons. The normalized spacial score (nSPS) is 22.5. The van der Waals surface area contributed by atoms with Crippen molar-refractivity contribution in [2.75, 3.05) is 13.2 Å². The van der Waals surface area contributed by atoms with E-state index < -0.39 is 43.7 Å². The maximum atomic E-state index is 9.15. The summed E-state index contributed by atoms with van der Waals surface area (Å²) >= 11 is 0. The third kappa shape index (κ3) is 3.46. The molecule has 0 amide bonds. The third-order valence-electron chi connectivity index (χ3n) is 1.86. The van der Waals surface area contributed by atoms with Crippen LogP contribution in [0.4, 0.5) is 0 Å². The van der Waals surface area contributed by atoms with Gasteiger partial charge in [0, 0.05) is 0 Å². The summed E-state index contributed by atoms with van der Waals surface area (Å²) in [6.07, 6.45) is -8.68. The van der Waals surface area contributed by atoms with Gasteiger partial charge in [-0.1, -0.05) is 0 Å². The summed E-state index contributed by atoms with van der Waals surface area (Å²) in [5.41, 5.74) is 0. The van der Waals surface area contributed by atoms with Crippen LogP contribution in [-0.2, 0) is 0 Å². The lowest BCUT2D eigenvalue weighted by Crippen LogP contribution is -2.50. The second-order valence-corrected chi connectivity index (χ2v) is 2.97. The molecule has 0 saturated heterocycles. The van der Waals surface area contributed by atoms with Crippen LogP contribution in [0.3, 0.4) is 0 Å². The lowest BCUT2D eigenvalue weighted by atomic mass is 10.00. The molecule has 0 aromatic rings. The van der Waals surface area contributed by atoms with Crippen molar-refractivity contribution in [1.82, 2.24) is 0 Å². The first-order chi connectivity index (χ1) is 6.45. The van der Waals surface area contributed by atoms with Crippen LogP contribution in [0, 0.1) is 0 Å². The average Bonchev–Trinajstić information content (AvgIpc) is 2.23. The molecule has 5 atom stereocenters. The van der Waals surface area contributed by atoms with Crippen molar-refractivity contribution in [1.29, 1.82) is 0 Å². The van der Waals surface area contributed by atoms with Gasteiger partial charge in [0.25, 0.3) is 0 Å². The van der Waals surface area contributed by atoms with E-state index in [9.17, 15) is 0 Å². The quantitative estimate of drug-likeness (QED) is 0.236. The zero-order valence-corrected chi connectivity index (χ0v) is 7.43. The fourth-order valence-corrected chi connectivity index (χ4v) is 0.873. The molecule has 0 aliphatic rings. The van der Waals surface area contributed by atoms with Gasteiger partial charge in [-0.15, -0.1) is 0 Å². The van der Waals surface area contributed by atoms with Gasteiger partial charge < -0.3 is 35.7 Å². The van der Waals surface area contributed by atoms with Crippen molar-refractivity contribution in [3.8, 4) is 0 Å². The van der Waals surface area contributed by atoms with Crippen LogP contribution in [0.25, 0.3) is 0 Å². The summed E-state index contributed by atoms with van der Waals surface area (Å²) in [6, 6.07) is 0. The Morgan fingerprint density at radius 3 is 1.07 bits per heavy atom. The Hall–Kier alpha value is -0.280. The van der Waals surface area contributed by atoms with Crippen LogP contribution >= 0.6 is 0 Å². The Balaban J connectivity index is 4.22. The Labute approximate surface area is 80.5 Å². The number of aliphatic hydroxyl groups is 7. The first kappa shape index (κ1) is 13.7. The van der Waals surface area contributed by atoms with Crippen molar-refractivity contribution in [3.63, 3.8) is 0 Å². The minimum Gasteiger partial charge on any atom is -0.394 e. The van der Waals surface area contributed by atoms with Gasteiger partial charge in [0.05, 0.1) is 13.2 Å². The second-order valence-electron chi connectivity index (χ2n) is 2.97. The van der Waals surface area contributed by atoms with Crippen molar-refractivity contribution in [2.24, 2.45) is 0 Å². The molecular formula is C7H16O7. The lowest BCUT2D eigenvalue weighted by Gasteiger charge is -2.27. The predicted octanol–water partition coefficient (Wildman–Crippen LogP) is -4.22. The molecule has 1 unspecified atom stereocenters. The van der Waals surface area contributed by atoms with Crippen LogP contribution in [-0.4, -0.2) is 79.5 Å². The van der Waals surface area contributed by atoms with Gasteiger partial charge in [-0.3, -0.25) is 0 Å². The fourth-order valence-electron chi connectivity index (χ4n) is 0.873. The van der Waals surface area contributed by atoms with Gasteiger partial charge in [-0.2, -0.15) is 0 Å². The summed E-state index contributed by atoms with van der Waals surface area (Å²) < 4.78 is 0. The fraction of sp³-hybridized carbons (Fsp3) is 1.00. The maximum absolute atomic E-state index is 9.15. The molecule has 0 aromatic carbocycles. The van der Waals surface area contributed by atoms with Crippen LogP contribution in [0.2, 0.25) is 0 Å². The Morgan fingerprint density at radius 2 is 0.857 bits per heavy atom. The number of rotatable bonds is 6. The highest BCUT2D eigenvalue weighted by Gasteiger charge is 2.33. The highest BCUT2D eigenvalue weighted by atomic mass is 16.4. The Kier molecular flexibility index (Phi) is 6.12. The molecule has 0 aliphatic heterocycles. The second kappa shape index (κ2) is 6.25. The smallest absolute Gasteiger partial charge is 0.111 e. The minimum absolute atomic E-state index is 0.792. The van der Waals surface area contributed by atoms with E-state index in [1.54, 1.807) is 0 Å². The molecule has 7 heteroatoms. The van der Waals surface area contributed by atoms with E-state index in [1.807, 2.05) is 0 Å². The number of hydrogen-bond donors (Lipinski definition) is 7. The van der Waals surface area contributed by atoms with Gasteiger partial charge in [-0.25, -0.2) is 0 Å². The van der Waals surface area contributed by atoms with Gasteiger partial charge >= 0.3 is 0 Å². The van der Waals surface area contributed by atoms with Crippen LogP contribution < -0.4 is 0 Å². The van der Waals surface area contributed by atoms with E-state index in [-0.39, 0.29) is 0 Å². The summed E-state index contributed by atoms with van der Waals surface area (Å²) in [7, 11) is 0.